The molecule has 4 aromatic rings. The average Bonchev–Trinajstić information content (AvgIpc) is 3.74. The van der Waals surface area contributed by atoms with Crippen LogP contribution in [-0.4, -0.2) is 73.2 Å². The van der Waals surface area contributed by atoms with Gasteiger partial charge in [0.25, 0.3) is 5.91 Å². The Bertz CT molecular complexity index is 1670. The quantitative estimate of drug-likeness (QED) is 0.202. The molecule has 1 unspecified atom stereocenters. The van der Waals surface area contributed by atoms with E-state index in [4.69, 9.17) is 18.6 Å². The van der Waals surface area contributed by atoms with E-state index in [-0.39, 0.29) is 29.7 Å². The van der Waals surface area contributed by atoms with Crippen LogP contribution in [0.3, 0.4) is 0 Å². The van der Waals surface area contributed by atoms with Gasteiger partial charge in [0.05, 0.1) is 24.8 Å². The molecular weight excluding hydrogens is 610 g/mol. The monoisotopic (exact) mass is 657 g/mol. The van der Waals surface area contributed by atoms with E-state index in [0.29, 0.717) is 60.8 Å². The molecule has 0 saturated carbocycles. The molecule has 1 saturated heterocycles. The normalized spacial score (nSPS) is 17.0. The fourth-order valence-corrected chi connectivity index (χ4v) is 5.61. The third-order valence-electron chi connectivity index (χ3n) is 7.85. The van der Waals surface area contributed by atoms with Crippen LogP contribution in [0.15, 0.2) is 63.8 Å². The Labute approximate surface area is 282 Å². The molecule has 0 spiro atoms. The van der Waals surface area contributed by atoms with E-state index in [0.717, 1.165) is 5.56 Å². The van der Waals surface area contributed by atoms with E-state index in [1.807, 2.05) is 88.9 Å². The first-order valence-corrected chi connectivity index (χ1v) is 16.5. The molecule has 256 valence electrons. The number of ether oxygens (including phenoxy) is 1. The Hall–Kier alpha value is -4.74. The van der Waals surface area contributed by atoms with Crippen molar-refractivity contribution >= 4 is 17.8 Å². The number of piperidine rings is 1. The number of nitrogens with one attached hydrogen (secondary N) is 1. The molecule has 4 heterocycles. The van der Waals surface area contributed by atoms with E-state index in [2.05, 4.69) is 34.3 Å². The number of rotatable bonds is 9. The molecule has 1 fully saturated rings. The van der Waals surface area contributed by atoms with Crippen molar-refractivity contribution in [1.82, 2.24) is 30.0 Å². The van der Waals surface area contributed by atoms with Crippen molar-refractivity contribution in [3.63, 3.8) is 0 Å². The first kappa shape index (κ1) is 34.6. The average molecular weight is 658 g/mol. The van der Waals surface area contributed by atoms with Crippen molar-refractivity contribution in [2.24, 2.45) is 5.92 Å². The van der Waals surface area contributed by atoms with Crippen LogP contribution in [-0.2, 0) is 16.7 Å². The van der Waals surface area contributed by atoms with Gasteiger partial charge in [0.2, 0.25) is 11.8 Å². The zero-order valence-electron chi connectivity index (χ0n) is 29.2. The van der Waals surface area contributed by atoms with Gasteiger partial charge in [-0.05, 0) is 57.4 Å². The van der Waals surface area contributed by atoms with Crippen molar-refractivity contribution < 1.29 is 23.2 Å². The first-order valence-electron chi connectivity index (χ1n) is 16.5. The second-order valence-corrected chi connectivity index (χ2v) is 14.8. The Morgan fingerprint density at radius 2 is 1.79 bits per heavy atom. The van der Waals surface area contributed by atoms with Crippen LogP contribution in [0.1, 0.15) is 95.6 Å². The molecule has 0 bridgehead atoms. The van der Waals surface area contributed by atoms with Crippen molar-refractivity contribution in [2.45, 2.75) is 91.3 Å². The lowest BCUT2D eigenvalue weighted by atomic mass is 9.92. The molecule has 1 aliphatic rings. The summed E-state index contributed by atoms with van der Waals surface area (Å²) in [5.74, 6) is 2.10. The Morgan fingerprint density at radius 1 is 1.04 bits per heavy atom. The molecule has 12 nitrogen and oxygen atoms in total. The predicted molar refractivity (Wildman–Crippen MR) is 181 cm³/mol. The van der Waals surface area contributed by atoms with Gasteiger partial charge in [-0.15, -0.1) is 10.2 Å². The highest BCUT2D eigenvalue weighted by atomic mass is 16.6. The number of carbonyl (C=O) groups is 2. The van der Waals surface area contributed by atoms with E-state index in [1.54, 1.807) is 17.4 Å². The number of hydrogen-bond donors (Lipinski definition) is 1. The Kier molecular flexibility index (Phi) is 10.2. The van der Waals surface area contributed by atoms with Crippen LogP contribution in [0.5, 0.6) is 0 Å². The summed E-state index contributed by atoms with van der Waals surface area (Å²) >= 11 is 0. The number of nitrogens with zero attached hydrogens (tertiary/aromatic N) is 6. The largest absolute Gasteiger partial charge is 0.467 e. The highest BCUT2D eigenvalue weighted by molar-refractivity contribution is 5.98. The van der Waals surface area contributed by atoms with Crippen LogP contribution in [0.2, 0.25) is 0 Å². The van der Waals surface area contributed by atoms with Gasteiger partial charge in [0.1, 0.15) is 28.6 Å². The summed E-state index contributed by atoms with van der Waals surface area (Å²) in [4.78, 5) is 41.1. The molecule has 1 N–H and O–H groups in total. The summed E-state index contributed by atoms with van der Waals surface area (Å²) in [6, 6.07) is 12.8. The van der Waals surface area contributed by atoms with E-state index in [1.165, 1.54) is 0 Å². The molecule has 1 aromatic carbocycles. The topological polar surface area (TPSA) is 140 Å². The minimum Gasteiger partial charge on any atom is -0.467 e. The molecule has 0 aliphatic carbocycles. The number of likely N-dealkylation sites (tertiary alicyclic amines) is 1. The number of carbonyl (C=O) groups excluding carboxylic acids is 2. The van der Waals surface area contributed by atoms with Crippen molar-refractivity contribution in [3.05, 3.63) is 78.0 Å². The van der Waals surface area contributed by atoms with Gasteiger partial charge >= 0.3 is 6.09 Å². The lowest BCUT2D eigenvalue weighted by Gasteiger charge is -2.42. The maximum Gasteiger partial charge on any atom is 0.410 e. The van der Waals surface area contributed by atoms with Crippen molar-refractivity contribution in [3.8, 4) is 11.5 Å². The number of furan rings is 1. The van der Waals surface area contributed by atoms with E-state index in [9.17, 15) is 9.59 Å². The van der Waals surface area contributed by atoms with Gasteiger partial charge < -0.3 is 28.7 Å². The molecule has 0 radical (unpaired) electrons. The maximum absolute atomic E-state index is 14.7. The fourth-order valence-electron chi connectivity index (χ4n) is 5.61. The third-order valence-corrected chi connectivity index (χ3v) is 7.85. The highest BCUT2D eigenvalue weighted by Crippen LogP contribution is 2.33. The SMILES string of the molecule is CC(C)CN(C(=O)c1cnc(C(C)(C)C)nc1NCc1ccco1)C1C[C@@H](c2nnc(-c3ccccc3)o2)CN(C(=O)OC(C)(C)C)C1. The third kappa shape index (κ3) is 8.59. The number of hydrogen-bond acceptors (Lipinski definition) is 10. The van der Waals surface area contributed by atoms with Crippen LogP contribution in [0.25, 0.3) is 11.5 Å². The minimum atomic E-state index is -0.696. The summed E-state index contributed by atoms with van der Waals surface area (Å²) in [6.07, 6.45) is 3.25. The zero-order chi connectivity index (χ0) is 34.6. The summed E-state index contributed by atoms with van der Waals surface area (Å²) in [6.45, 7) is 17.1. The first-order chi connectivity index (χ1) is 22.7. The van der Waals surface area contributed by atoms with Crippen molar-refractivity contribution in [2.75, 3.05) is 25.0 Å². The van der Waals surface area contributed by atoms with Gasteiger partial charge in [-0.25, -0.2) is 14.8 Å². The molecule has 48 heavy (non-hydrogen) atoms. The highest BCUT2D eigenvalue weighted by Gasteiger charge is 2.40. The summed E-state index contributed by atoms with van der Waals surface area (Å²) in [5, 5.41) is 12.0. The predicted octanol–water partition coefficient (Wildman–Crippen LogP) is 6.92. The van der Waals surface area contributed by atoms with Crippen LogP contribution in [0, 0.1) is 5.92 Å². The number of aromatic nitrogens is 4. The van der Waals surface area contributed by atoms with Crippen LogP contribution >= 0.6 is 0 Å². The van der Waals surface area contributed by atoms with E-state index < -0.39 is 17.7 Å². The fraction of sp³-hybridized carbons (Fsp3) is 0.500. The molecule has 2 atom stereocenters. The van der Waals surface area contributed by atoms with Gasteiger partial charge in [-0.2, -0.15) is 0 Å². The Balaban J connectivity index is 1.50. The van der Waals surface area contributed by atoms with Crippen molar-refractivity contribution in [1.29, 1.82) is 0 Å². The smallest absolute Gasteiger partial charge is 0.410 e. The summed E-state index contributed by atoms with van der Waals surface area (Å²) in [5.41, 5.74) is 0.106. The lowest BCUT2D eigenvalue weighted by Crippen LogP contribution is -2.55. The maximum atomic E-state index is 14.7. The summed E-state index contributed by atoms with van der Waals surface area (Å²) in [7, 11) is 0. The molecule has 5 rings (SSSR count). The number of anilines is 1. The molecular formula is C36H47N7O5. The molecule has 2 amide bonds. The zero-order valence-corrected chi connectivity index (χ0v) is 29.2. The van der Waals surface area contributed by atoms with Crippen LogP contribution in [0.4, 0.5) is 10.6 Å². The minimum absolute atomic E-state index is 0.131. The summed E-state index contributed by atoms with van der Waals surface area (Å²) < 4.78 is 17.5. The van der Waals surface area contributed by atoms with Gasteiger partial charge in [-0.1, -0.05) is 52.8 Å². The molecule has 12 heteroatoms. The standard InChI is InChI=1S/C36H47N7O5/c1-23(2)20-43(32(44)28-19-38-33(35(3,4)5)39-29(28)37-18-27-15-12-16-46-27)26-17-25(21-42(22-26)34(45)48-36(6,7)8)31-41-40-30(47-31)24-13-10-9-11-14-24/h9-16,19,23,25-26H,17-18,20-22H2,1-8H3,(H,37,38,39)/t25-,26?/m1/s1. The molecule has 1 aliphatic heterocycles. The van der Waals surface area contributed by atoms with E-state index >= 15 is 0 Å². The second kappa shape index (κ2) is 14.2. The van der Waals surface area contributed by atoms with Gasteiger partial charge in [0.15, 0.2) is 0 Å². The molecule has 3 aromatic heterocycles. The second-order valence-electron chi connectivity index (χ2n) is 14.8. The Morgan fingerprint density at radius 3 is 2.44 bits per heavy atom. The number of benzene rings is 1. The van der Waals surface area contributed by atoms with Crippen LogP contribution < -0.4 is 5.32 Å². The van der Waals surface area contributed by atoms with Gasteiger partial charge in [0, 0.05) is 36.8 Å². The van der Waals surface area contributed by atoms with Gasteiger partial charge in [-0.3, -0.25) is 4.79 Å². The number of amides is 2. The lowest BCUT2D eigenvalue weighted by molar-refractivity contribution is 0.00519.